The summed E-state index contributed by atoms with van der Waals surface area (Å²) in [7, 11) is 0. The molecule has 5 nitrogen and oxygen atoms in total. The molecule has 0 atom stereocenters. The van der Waals surface area contributed by atoms with Crippen LogP contribution in [0.1, 0.15) is 31.8 Å². The Labute approximate surface area is 199 Å². The van der Waals surface area contributed by atoms with Gasteiger partial charge in [-0.25, -0.2) is 0 Å². The second-order valence-electron chi connectivity index (χ2n) is 7.76. The van der Waals surface area contributed by atoms with E-state index in [0.717, 1.165) is 17.5 Å². The standard InChI is InChI=1S/C29H26N2O3/c32-28(30-20-19-22-11-3-1-4-12-22)24-15-7-9-17-26(24)31-29(33)25-16-8-10-18-27(25)34-21-23-13-5-2-6-14-23/h1-18H,19-21H2,(H,30,32)(H,31,33). The van der Waals surface area contributed by atoms with Gasteiger partial charge in [-0.2, -0.15) is 0 Å². The number of rotatable bonds is 9. The van der Waals surface area contributed by atoms with Crippen molar-refractivity contribution in [2.75, 3.05) is 11.9 Å². The van der Waals surface area contributed by atoms with Crippen LogP contribution in [0.25, 0.3) is 0 Å². The minimum Gasteiger partial charge on any atom is -0.488 e. The number of para-hydroxylation sites is 2. The minimum atomic E-state index is -0.340. The van der Waals surface area contributed by atoms with E-state index in [1.165, 1.54) is 0 Å². The van der Waals surface area contributed by atoms with Crippen LogP contribution in [-0.2, 0) is 13.0 Å². The van der Waals surface area contributed by atoms with Gasteiger partial charge < -0.3 is 15.4 Å². The minimum absolute atomic E-state index is 0.236. The molecule has 34 heavy (non-hydrogen) atoms. The van der Waals surface area contributed by atoms with Gasteiger partial charge in [-0.05, 0) is 41.8 Å². The van der Waals surface area contributed by atoms with E-state index in [1.54, 1.807) is 42.5 Å². The van der Waals surface area contributed by atoms with E-state index < -0.39 is 0 Å². The largest absolute Gasteiger partial charge is 0.488 e. The lowest BCUT2D eigenvalue weighted by molar-refractivity contribution is 0.0955. The second-order valence-corrected chi connectivity index (χ2v) is 7.76. The Hall–Kier alpha value is -4.38. The predicted molar refractivity (Wildman–Crippen MR) is 134 cm³/mol. The van der Waals surface area contributed by atoms with Gasteiger partial charge in [0, 0.05) is 6.54 Å². The number of ether oxygens (including phenoxy) is 1. The SMILES string of the molecule is O=C(NCCc1ccccc1)c1ccccc1NC(=O)c1ccccc1OCc1ccccc1. The molecule has 0 aromatic heterocycles. The van der Waals surface area contributed by atoms with Crippen LogP contribution in [0.5, 0.6) is 5.75 Å². The van der Waals surface area contributed by atoms with Crippen molar-refractivity contribution in [3.63, 3.8) is 0 Å². The van der Waals surface area contributed by atoms with Crippen molar-refractivity contribution < 1.29 is 14.3 Å². The highest BCUT2D eigenvalue weighted by Crippen LogP contribution is 2.22. The number of anilines is 1. The van der Waals surface area contributed by atoms with Crippen molar-refractivity contribution in [2.45, 2.75) is 13.0 Å². The Morgan fingerprint density at radius 1 is 0.618 bits per heavy atom. The predicted octanol–water partition coefficient (Wildman–Crippen LogP) is 5.49. The van der Waals surface area contributed by atoms with Crippen molar-refractivity contribution in [1.29, 1.82) is 0 Å². The summed E-state index contributed by atoms with van der Waals surface area (Å²) in [5.74, 6) is -0.0951. The number of hydrogen-bond donors (Lipinski definition) is 2. The quantitative estimate of drug-likeness (QED) is 0.354. The molecule has 0 aliphatic rings. The highest BCUT2D eigenvalue weighted by molar-refractivity contribution is 6.10. The number of benzene rings is 4. The molecule has 0 aliphatic heterocycles. The lowest BCUT2D eigenvalue weighted by atomic mass is 10.1. The molecule has 0 unspecified atom stereocenters. The van der Waals surface area contributed by atoms with E-state index in [4.69, 9.17) is 4.74 Å². The molecule has 2 N–H and O–H groups in total. The van der Waals surface area contributed by atoms with Crippen molar-refractivity contribution in [2.24, 2.45) is 0 Å². The van der Waals surface area contributed by atoms with Crippen molar-refractivity contribution in [1.82, 2.24) is 5.32 Å². The van der Waals surface area contributed by atoms with E-state index >= 15 is 0 Å². The molecular weight excluding hydrogens is 424 g/mol. The van der Waals surface area contributed by atoms with Gasteiger partial charge in [-0.1, -0.05) is 84.9 Å². The van der Waals surface area contributed by atoms with E-state index in [-0.39, 0.29) is 11.8 Å². The van der Waals surface area contributed by atoms with Crippen LogP contribution in [0.3, 0.4) is 0 Å². The van der Waals surface area contributed by atoms with Crippen LogP contribution < -0.4 is 15.4 Å². The number of hydrogen-bond acceptors (Lipinski definition) is 3. The molecule has 0 spiro atoms. The third kappa shape index (κ3) is 6.11. The molecule has 4 rings (SSSR count). The Bertz CT molecular complexity index is 1240. The first kappa shape index (κ1) is 22.8. The highest BCUT2D eigenvalue weighted by Gasteiger charge is 2.16. The number of nitrogens with one attached hydrogen (secondary N) is 2. The molecule has 0 aliphatic carbocycles. The monoisotopic (exact) mass is 450 g/mol. The zero-order valence-corrected chi connectivity index (χ0v) is 18.7. The van der Waals surface area contributed by atoms with Gasteiger partial charge in [0.2, 0.25) is 0 Å². The normalized spacial score (nSPS) is 10.4. The molecule has 0 saturated heterocycles. The van der Waals surface area contributed by atoms with Crippen molar-refractivity contribution in [3.8, 4) is 5.75 Å². The summed E-state index contributed by atoms with van der Waals surface area (Å²) in [6.45, 7) is 0.854. The van der Waals surface area contributed by atoms with Crippen LogP contribution >= 0.6 is 0 Å². The first-order valence-electron chi connectivity index (χ1n) is 11.2. The summed E-state index contributed by atoms with van der Waals surface area (Å²) in [6.07, 6.45) is 0.729. The van der Waals surface area contributed by atoms with E-state index in [0.29, 0.717) is 35.7 Å². The van der Waals surface area contributed by atoms with E-state index in [9.17, 15) is 9.59 Å². The molecule has 170 valence electrons. The van der Waals surface area contributed by atoms with Gasteiger partial charge in [0.25, 0.3) is 11.8 Å². The van der Waals surface area contributed by atoms with Gasteiger partial charge in [-0.3, -0.25) is 9.59 Å². The van der Waals surface area contributed by atoms with Crippen molar-refractivity contribution >= 4 is 17.5 Å². The average molecular weight is 451 g/mol. The summed E-state index contributed by atoms with van der Waals surface area (Å²) in [4.78, 5) is 25.9. The second kappa shape index (κ2) is 11.5. The lowest BCUT2D eigenvalue weighted by Crippen LogP contribution is -2.27. The van der Waals surface area contributed by atoms with Gasteiger partial charge in [0.05, 0.1) is 16.8 Å². The smallest absolute Gasteiger partial charge is 0.259 e. The number of amides is 2. The Morgan fingerprint density at radius 2 is 1.21 bits per heavy atom. The maximum absolute atomic E-state index is 13.1. The summed E-state index contributed by atoms with van der Waals surface area (Å²) in [6, 6.07) is 33.8. The van der Waals surface area contributed by atoms with Crippen molar-refractivity contribution in [3.05, 3.63) is 131 Å². The van der Waals surface area contributed by atoms with Gasteiger partial charge >= 0.3 is 0 Å². The summed E-state index contributed by atoms with van der Waals surface area (Å²) < 4.78 is 5.91. The maximum atomic E-state index is 13.1. The van der Waals surface area contributed by atoms with Crippen LogP contribution in [-0.4, -0.2) is 18.4 Å². The zero-order chi connectivity index (χ0) is 23.6. The molecule has 4 aromatic carbocycles. The van der Waals surface area contributed by atoms with Crippen LogP contribution in [0.2, 0.25) is 0 Å². The fraction of sp³-hybridized carbons (Fsp3) is 0.103. The number of carbonyl (C=O) groups excluding carboxylic acids is 2. The molecule has 0 bridgehead atoms. The fourth-order valence-corrected chi connectivity index (χ4v) is 3.56. The highest BCUT2D eigenvalue weighted by atomic mass is 16.5. The summed E-state index contributed by atoms with van der Waals surface area (Å²) in [5, 5.41) is 5.81. The van der Waals surface area contributed by atoms with Gasteiger partial charge in [-0.15, -0.1) is 0 Å². The third-order valence-electron chi connectivity index (χ3n) is 5.33. The lowest BCUT2D eigenvalue weighted by Gasteiger charge is -2.14. The summed E-state index contributed by atoms with van der Waals surface area (Å²) >= 11 is 0. The Balaban J connectivity index is 1.42. The first-order chi connectivity index (χ1) is 16.7. The third-order valence-corrected chi connectivity index (χ3v) is 5.33. The molecule has 4 aromatic rings. The van der Waals surface area contributed by atoms with E-state index in [2.05, 4.69) is 10.6 Å². The van der Waals surface area contributed by atoms with Crippen LogP contribution in [0.4, 0.5) is 5.69 Å². The van der Waals surface area contributed by atoms with Gasteiger partial charge in [0.1, 0.15) is 12.4 Å². The van der Waals surface area contributed by atoms with Gasteiger partial charge in [0.15, 0.2) is 0 Å². The maximum Gasteiger partial charge on any atom is 0.259 e. The molecule has 0 saturated carbocycles. The Kier molecular flexibility index (Phi) is 7.70. The topological polar surface area (TPSA) is 67.4 Å². The molecule has 0 heterocycles. The molecule has 5 heteroatoms. The fourth-order valence-electron chi connectivity index (χ4n) is 3.56. The average Bonchev–Trinajstić information content (AvgIpc) is 2.89. The summed E-state index contributed by atoms with van der Waals surface area (Å²) in [5.41, 5.74) is 3.42. The molecule has 0 radical (unpaired) electrons. The Morgan fingerprint density at radius 3 is 1.94 bits per heavy atom. The number of carbonyl (C=O) groups is 2. The molecule has 0 fully saturated rings. The van der Waals surface area contributed by atoms with E-state index in [1.807, 2.05) is 66.7 Å². The van der Waals surface area contributed by atoms with Crippen LogP contribution in [0.15, 0.2) is 109 Å². The molecular formula is C29H26N2O3. The van der Waals surface area contributed by atoms with Crippen LogP contribution in [0, 0.1) is 0 Å². The molecule has 2 amide bonds. The zero-order valence-electron chi connectivity index (χ0n) is 18.7. The first-order valence-corrected chi connectivity index (χ1v) is 11.2.